The topological polar surface area (TPSA) is 137 Å². The molecular formula is C30H47NO9. The van der Waals surface area contributed by atoms with Crippen molar-refractivity contribution in [3.05, 3.63) is 23.8 Å². The van der Waals surface area contributed by atoms with Gasteiger partial charge < -0.3 is 29.4 Å². The molecule has 0 heterocycles. The van der Waals surface area contributed by atoms with Crippen LogP contribution in [0.2, 0.25) is 0 Å². The van der Waals surface area contributed by atoms with E-state index in [0.717, 1.165) is 6.42 Å². The number of hydrogen-bond donors (Lipinski definition) is 2. The Morgan fingerprint density at radius 1 is 0.875 bits per heavy atom. The van der Waals surface area contributed by atoms with Gasteiger partial charge in [0.25, 0.3) is 0 Å². The molecule has 0 aliphatic rings. The van der Waals surface area contributed by atoms with Gasteiger partial charge in [-0.25, -0.2) is 4.79 Å². The van der Waals surface area contributed by atoms with Crippen molar-refractivity contribution in [1.82, 2.24) is 5.32 Å². The lowest BCUT2D eigenvalue weighted by atomic mass is 10.0. The lowest BCUT2D eigenvalue weighted by molar-refractivity contribution is -0.139. The van der Waals surface area contributed by atoms with Crippen LogP contribution >= 0.6 is 0 Å². The minimum absolute atomic E-state index is 0.0403. The van der Waals surface area contributed by atoms with E-state index in [1.807, 2.05) is 41.5 Å². The Morgan fingerprint density at radius 3 is 1.98 bits per heavy atom. The molecule has 2 N–H and O–H groups in total. The van der Waals surface area contributed by atoms with Crippen molar-refractivity contribution in [2.75, 3.05) is 13.2 Å². The maximum absolute atomic E-state index is 12.5. The van der Waals surface area contributed by atoms with Gasteiger partial charge in [-0.05, 0) is 61.6 Å². The molecule has 1 aromatic carbocycles. The van der Waals surface area contributed by atoms with Crippen LogP contribution in [-0.4, -0.2) is 54.5 Å². The summed E-state index contributed by atoms with van der Waals surface area (Å²) in [6, 6.07) is 3.62. The average Bonchev–Trinajstić information content (AvgIpc) is 2.88. The van der Waals surface area contributed by atoms with E-state index in [-0.39, 0.29) is 49.8 Å². The number of ether oxygens (including phenoxy) is 4. The van der Waals surface area contributed by atoms with Crippen LogP contribution in [0.4, 0.5) is 4.79 Å². The summed E-state index contributed by atoms with van der Waals surface area (Å²) < 4.78 is 21.3. The fraction of sp³-hybridized carbons (Fsp3) is 0.667. The van der Waals surface area contributed by atoms with Crippen LogP contribution < -0.4 is 14.8 Å². The maximum Gasteiger partial charge on any atom is 0.508 e. The Bertz CT molecular complexity index is 960. The predicted octanol–water partition coefficient (Wildman–Crippen LogP) is 5.54. The third-order valence-corrected chi connectivity index (χ3v) is 6.18. The second-order valence-corrected chi connectivity index (χ2v) is 11.1. The first-order valence-electron chi connectivity index (χ1n) is 14.1. The van der Waals surface area contributed by atoms with Crippen molar-refractivity contribution in [2.24, 2.45) is 17.8 Å². The van der Waals surface area contributed by atoms with E-state index in [2.05, 4.69) is 5.32 Å². The van der Waals surface area contributed by atoms with E-state index in [4.69, 9.17) is 18.9 Å². The van der Waals surface area contributed by atoms with Gasteiger partial charge >= 0.3 is 24.1 Å². The number of carboxylic acid groups (broad SMARTS) is 1. The van der Waals surface area contributed by atoms with E-state index in [1.54, 1.807) is 13.0 Å². The number of carboxylic acids is 1. The smallest absolute Gasteiger partial charge is 0.480 e. The third kappa shape index (κ3) is 14.9. The number of carbonyl (C=O) groups is 4. The summed E-state index contributed by atoms with van der Waals surface area (Å²) >= 11 is 0. The predicted molar refractivity (Wildman–Crippen MR) is 150 cm³/mol. The van der Waals surface area contributed by atoms with Gasteiger partial charge in [0.2, 0.25) is 0 Å². The van der Waals surface area contributed by atoms with Crippen molar-refractivity contribution in [3.63, 3.8) is 0 Å². The molecule has 3 atom stereocenters. The molecule has 0 amide bonds. The highest BCUT2D eigenvalue weighted by Crippen LogP contribution is 2.30. The molecule has 2 unspecified atom stereocenters. The third-order valence-electron chi connectivity index (χ3n) is 6.18. The zero-order valence-electron chi connectivity index (χ0n) is 25.0. The molecule has 0 bridgehead atoms. The van der Waals surface area contributed by atoms with Gasteiger partial charge in [-0.3, -0.25) is 14.4 Å². The van der Waals surface area contributed by atoms with Gasteiger partial charge in [0.1, 0.15) is 12.1 Å². The van der Waals surface area contributed by atoms with Crippen molar-refractivity contribution < 1.29 is 43.2 Å². The normalized spacial score (nSPS) is 13.4. The van der Waals surface area contributed by atoms with Crippen LogP contribution in [0.15, 0.2) is 18.2 Å². The number of esters is 2. The summed E-state index contributed by atoms with van der Waals surface area (Å²) in [4.78, 5) is 48.6. The number of carbonyl (C=O) groups excluding carboxylic acids is 3. The molecule has 10 nitrogen and oxygen atoms in total. The zero-order chi connectivity index (χ0) is 30.2. The highest BCUT2D eigenvalue weighted by atomic mass is 16.7. The first kappa shape index (κ1) is 34.9. The van der Waals surface area contributed by atoms with Gasteiger partial charge in [0, 0.05) is 19.4 Å². The zero-order valence-corrected chi connectivity index (χ0v) is 25.0. The highest BCUT2D eigenvalue weighted by molar-refractivity contribution is 5.77. The Balaban J connectivity index is 2.92. The van der Waals surface area contributed by atoms with Gasteiger partial charge in [0.05, 0.1) is 6.61 Å². The molecule has 0 aromatic heterocycles. The van der Waals surface area contributed by atoms with Crippen LogP contribution in [0.1, 0.15) is 86.1 Å². The second-order valence-electron chi connectivity index (χ2n) is 11.1. The number of aliphatic carboxylic acids is 1. The summed E-state index contributed by atoms with van der Waals surface area (Å²) in [7, 11) is 0. The molecule has 10 heteroatoms. The van der Waals surface area contributed by atoms with Crippen molar-refractivity contribution >= 4 is 24.1 Å². The molecule has 0 aliphatic heterocycles. The number of benzene rings is 1. The Kier molecular flexibility index (Phi) is 15.9. The van der Waals surface area contributed by atoms with Crippen molar-refractivity contribution in [2.45, 2.75) is 99.1 Å². The van der Waals surface area contributed by atoms with Crippen LogP contribution in [0, 0.1) is 17.8 Å². The molecular weight excluding hydrogens is 518 g/mol. The van der Waals surface area contributed by atoms with E-state index in [9.17, 15) is 24.3 Å². The van der Waals surface area contributed by atoms with Crippen molar-refractivity contribution in [1.29, 1.82) is 0 Å². The van der Waals surface area contributed by atoms with E-state index >= 15 is 0 Å². The van der Waals surface area contributed by atoms with Crippen LogP contribution in [0.3, 0.4) is 0 Å². The van der Waals surface area contributed by atoms with Crippen LogP contribution in [0.25, 0.3) is 0 Å². The molecule has 0 radical (unpaired) electrons. The lowest BCUT2D eigenvalue weighted by Crippen LogP contribution is -2.42. The molecule has 0 aliphatic carbocycles. The summed E-state index contributed by atoms with van der Waals surface area (Å²) in [5.74, 6) is -0.998. The van der Waals surface area contributed by atoms with Gasteiger partial charge in [0.15, 0.2) is 11.5 Å². The minimum atomic E-state index is -1.11. The minimum Gasteiger partial charge on any atom is -0.480 e. The number of nitrogens with one attached hydrogen (secondary N) is 1. The van der Waals surface area contributed by atoms with Gasteiger partial charge in [-0.15, -0.1) is 0 Å². The number of rotatable bonds is 18. The molecule has 1 rings (SSSR count). The summed E-state index contributed by atoms with van der Waals surface area (Å²) in [6.07, 6.45) is 1.18. The standard InChI is InChI=1S/C30H47NO9/c1-8-21(6)18-37-30(36)38-22(7)17-31-24(29(34)35)15-23-11-12-25(39-27(32)13-9-19(2)3)26(16-23)40-28(33)14-10-20(4)5/h11-12,16,19-22,24,31H,8-10,13-15,17-18H2,1-7H3,(H,34,35)/t21?,22?,24-/m0/s1. The summed E-state index contributed by atoms with van der Waals surface area (Å²) in [5.41, 5.74) is 0.551. The van der Waals surface area contributed by atoms with E-state index in [0.29, 0.717) is 30.2 Å². The van der Waals surface area contributed by atoms with Crippen LogP contribution in [-0.2, 0) is 30.3 Å². The molecule has 0 fully saturated rings. The maximum atomic E-state index is 12.5. The monoisotopic (exact) mass is 565 g/mol. The Morgan fingerprint density at radius 2 is 1.45 bits per heavy atom. The van der Waals surface area contributed by atoms with Crippen LogP contribution in [0.5, 0.6) is 11.5 Å². The summed E-state index contributed by atoms with van der Waals surface area (Å²) in [5, 5.41) is 12.7. The molecule has 1 aromatic rings. The highest BCUT2D eigenvalue weighted by Gasteiger charge is 2.22. The second kappa shape index (κ2) is 18.3. The number of hydrogen-bond acceptors (Lipinski definition) is 9. The molecule has 0 saturated carbocycles. The Labute approximate surface area is 238 Å². The van der Waals surface area contributed by atoms with E-state index < -0.39 is 36.2 Å². The molecule has 0 spiro atoms. The average molecular weight is 566 g/mol. The molecule has 0 saturated heterocycles. The lowest BCUT2D eigenvalue weighted by Gasteiger charge is -2.19. The fourth-order valence-electron chi connectivity index (χ4n) is 3.36. The van der Waals surface area contributed by atoms with Crippen molar-refractivity contribution in [3.8, 4) is 11.5 Å². The fourth-order valence-corrected chi connectivity index (χ4v) is 3.36. The van der Waals surface area contributed by atoms with Gasteiger partial charge in [-0.2, -0.15) is 0 Å². The first-order valence-corrected chi connectivity index (χ1v) is 14.1. The van der Waals surface area contributed by atoms with Gasteiger partial charge in [-0.1, -0.05) is 54.0 Å². The quantitative estimate of drug-likeness (QED) is 0.172. The largest absolute Gasteiger partial charge is 0.508 e. The first-order chi connectivity index (χ1) is 18.8. The molecule has 226 valence electrons. The SMILES string of the molecule is CCC(C)COC(=O)OC(C)CN[C@@H](Cc1ccc(OC(=O)CCC(C)C)c(OC(=O)CCC(C)C)c1)C(=O)O. The Hall–Kier alpha value is -3.14. The molecule has 40 heavy (non-hydrogen) atoms. The summed E-state index contributed by atoms with van der Waals surface area (Å²) in [6.45, 7) is 13.9. The van der Waals surface area contributed by atoms with E-state index in [1.165, 1.54) is 12.1 Å².